The summed E-state index contributed by atoms with van der Waals surface area (Å²) in [6.45, 7) is 0. The van der Waals surface area contributed by atoms with Crippen LogP contribution in [0.1, 0.15) is 31.2 Å². The Morgan fingerprint density at radius 2 is 1.89 bits per heavy atom. The summed E-state index contributed by atoms with van der Waals surface area (Å²) in [5.41, 5.74) is 0.396. The summed E-state index contributed by atoms with van der Waals surface area (Å²) in [6.07, 6.45) is 8.87. The maximum atomic E-state index is 13.8. The van der Waals surface area contributed by atoms with Crippen molar-refractivity contribution >= 4 is 0 Å². The Kier molecular flexibility index (Phi) is 3.06. The number of halogens is 2. The Bertz CT molecular complexity index is 474. The van der Waals surface area contributed by atoms with Gasteiger partial charge in [0.2, 0.25) is 5.82 Å². The van der Waals surface area contributed by atoms with Crippen molar-refractivity contribution in [2.45, 2.75) is 38.2 Å². The van der Waals surface area contributed by atoms with Crippen LogP contribution in [0.15, 0.2) is 24.3 Å². The first-order valence-corrected chi connectivity index (χ1v) is 6.54. The Labute approximate surface area is 105 Å². The van der Waals surface area contributed by atoms with E-state index in [4.69, 9.17) is 4.74 Å². The minimum atomic E-state index is -0.848. The van der Waals surface area contributed by atoms with Crippen LogP contribution in [0.25, 0.3) is 0 Å². The largest absolute Gasteiger partial charge is 0.487 e. The molecule has 0 saturated heterocycles. The molecule has 3 rings (SSSR count). The molecule has 0 amide bonds. The quantitative estimate of drug-likeness (QED) is 0.717. The highest BCUT2D eigenvalue weighted by Gasteiger charge is 2.26. The van der Waals surface area contributed by atoms with Gasteiger partial charge in [0.15, 0.2) is 11.6 Å². The van der Waals surface area contributed by atoms with E-state index in [1.165, 1.54) is 18.9 Å². The summed E-state index contributed by atoms with van der Waals surface area (Å²) in [7, 11) is 0. The van der Waals surface area contributed by atoms with Crippen molar-refractivity contribution in [1.82, 2.24) is 0 Å². The Balaban J connectivity index is 1.71. The fourth-order valence-corrected chi connectivity index (χ4v) is 1.86. The number of ether oxygens (including phenoxy) is 1. The fourth-order valence-electron chi connectivity index (χ4n) is 1.86. The van der Waals surface area contributed by atoms with Gasteiger partial charge in [-0.25, -0.2) is 4.39 Å². The standard InChI is InChI=1S/C15H16F2O/c16-14-11(3-1-2-10-4-5-10)6-9-13(15(14)17)18-12-7-8-12/h1-2,6,9-10,12H,3-5,7-8H2/b2-1+. The molecule has 0 aliphatic heterocycles. The van der Waals surface area contributed by atoms with Gasteiger partial charge in [-0.15, -0.1) is 0 Å². The SMILES string of the molecule is Fc1c(C/C=C/C2CC2)ccc(OC2CC2)c1F. The van der Waals surface area contributed by atoms with Gasteiger partial charge in [-0.05, 0) is 49.7 Å². The van der Waals surface area contributed by atoms with Crippen molar-refractivity contribution in [1.29, 1.82) is 0 Å². The van der Waals surface area contributed by atoms with E-state index in [1.54, 1.807) is 6.07 Å². The second-order valence-corrected chi connectivity index (χ2v) is 5.14. The Morgan fingerprint density at radius 3 is 2.56 bits per heavy atom. The third-order valence-corrected chi connectivity index (χ3v) is 3.31. The Morgan fingerprint density at radius 1 is 1.11 bits per heavy atom. The van der Waals surface area contributed by atoms with Crippen molar-refractivity contribution in [3.8, 4) is 5.75 Å². The van der Waals surface area contributed by atoms with E-state index in [0.29, 0.717) is 17.9 Å². The van der Waals surface area contributed by atoms with E-state index in [1.807, 2.05) is 6.08 Å². The van der Waals surface area contributed by atoms with Gasteiger partial charge in [-0.1, -0.05) is 18.2 Å². The zero-order valence-electron chi connectivity index (χ0n) is 10.2. The zero-order chi connectivity index (χ0) is 12.5. The molecule has 0 atom stereocenters. The molecule has 3 heteroatoms. The zero-order valence-corrected chi connectivity index (χ0v) is 10.2. The molecule has 2 aliphatic rings. The van der Waals surface area contributed by atoms with E-state index in [2.05, 4.69) is 6.08 Å². The highest BCUT2D eigenvalue weighted by Crippen LogP contribution is 2.32. The molecule has 2 fully saturated rings. The molecule has 0 N–H and O–H groups in total. The highest BCUT2D eigenvalue weighted by molar-refractivity contribution is 5.32. The smallest absolute Gasteiger partial charge is 0.200 e. The van der Waals surface area contributed by atoms with Crippen LogP contribution in [0.4, 0.5) is 8.78 Å². The maximum absolute atomic E-state index is 13.8. The van der Waals surface area contributed by atoms with Gasteiger partial charge < -0.3 is 4.74 Å². The summed E-state index contributed by atoms with van der Waals surface area (Å²) in [5.74, 6) is -0.909. The van der Waals surface area contributed by atoms with Gasteiger partial charge in [0, 0.05) is 0 Å². The van der Waals surface area contributed by atoms with Crippen LogP contribution in [0.2, 0.25) is 0 Å². The third kappa shape index (κ3) is 2.71. The van der Waals surface area contributed by atoms with Gasteiger partial charge >= 0.3 is 0 Å². The number of rotatable bonds is 5. The van der Waals surface area contributed by atoms with Crippen molar-refractivity contribution in [2.75, 3.05) is 0 Å². The lowest BCUT2D eigenvalue weighted by atomic mass is 10.1. The average molecular weight is 250 g/mol. The molecule has 0 aromatic heterocycles. The highest BCUT2D eigenvalue weighted by atomic mass is 19.2. The van der Waals surface area contributed by atoms with Crippen molar-refractivity contribution in [3.05, 3.63) is 41.5 Å². The van der Waals surface area contributed by atoms with Crippen molar-refractivity contribution in [3.63, 3.8) is 0 Å². The number of allylic oxidation sites excluding steroid dienone is 2. The van der Waals surface area contributed by atoms with Gasteiger partial charge in [0.25, 0.3) is 0 Å². The first-order valence-electron chi connectivity index (χ1n) is 6.54. The van der Waals surface area contributed by atoms with E-state index >= 15 is 0 Å². The molecule has 1 aromatic rings. The predicted molar refractivity (Wildman–Crippen MR) is 65.6 cm³/mol. The van der Waals surface area contributed by atoms with Crippen LogP contribution < -0.4 is 4.74 Å². The molecule has 1 aromatic carbocycles. The second kappa shape index (κ2) is 4.71. The first kappa shape index (κ1) is 11.7. The normalized spacial score (nSPS) is 19.4. The molecule has 2 saturated carbocycles. The average Bonchev–Trinajstić information content (AvgIpc) is 3.22. The molecule has 0 heterocycles. The van der Waals surface area contributed by atoms with Crippen molar-refractivity contribution < 1.29 is 13.5 Å². The molecule has 0 radical (unpaired) electrons. The van der Waals surface area contributed by atoms with Crippen LogP contribution in [-0.4, -0.2) is 6.10 Å². The van der Waals surface area contributed by atoms with Crippen molar-refractivity contribution in [2.24, 2.45) is 5.92 Å². The summed E-state index contributed by atoms with van der Waals surface area (Å²) < 4.78 is 32.8. The van der Waals surface area contributed by atoms with E-state index in [0.717, 1.165) is 12.8 Å². The summed E-state index contributed by atoms with van der Waals surface area (Å²) in [4.78, 5) is 0. The van der Waals surface area contributed by atoms with Gasteiger partial charge in [0.1, 0.15) is 0 Å². The molecule has 0 bridgehead atoms. The molecular weight excluding hydrogens is 234 g/mol. The van der Waals surface area contributed by atoms with Crippen LogP contribution in [0, 0.1) is 17.6 Å². The minimum Gasteiger partial charge on any atom is -0.487 e. The number of hydrogen-bond acceptors (Lipinski definition) is 1. The number of hydrogen-bond donors (Lipinski definition) is 0. The van der Waals surface area contributed by atoms with Crippen LogP contribution in [0.3, 0.4) is 0 Å². The van der Waals surface area contributed by atoms with Gasteiger partial charge in [0.05, 0.1) is 6.10 Å². The number of benzene rings is 1. The molecule has 0 unspecified atom stereocenters. The summed E-state index contributed by atoms with van der Waals surface area (Å²) >= 11 is 0. The van der Waals surface area contributed by atoms with E-state index < -0.39 is 11.6 Å². The van der Waals surface area contributed by atoms with E-state index in [9.17, 15) is 8.78 Å². The monoisotopic (exact) mass is 250 g/mol. The predicted octanol–water partition coefficient (Wildman–Crippen LogP) is 4.01. The lowest BCUT2D eigenvalue weighted by Gasteiger charge is -2.08. The summed E-state index contributed by atoms with van der Waals surface area (Å²) in [6, 6.07) is 3.16. The molecule has 2 aliphatic carbocycles. The lowest BCUT2D eigenvalue weighted by Crippen LogP contribution is -2.02. The Hall–Kier alpha value is -1.38. The third-order valence-electron chi connectivity index (χ3n) is 3.31. The molecule has 1 nitrogen and oxygen atoms in total. The van der Waals surface area contributed by atoms with Gasteiger partial charge in [-0.3, -0.25) is 0 Å². The van der Waals surface area contributed by atoms with Crippen LogP contribution in [-0.2, 0) is 6.42 Å². The molecule has 18 heavy (non-hydrogen) atoms. The summed E-state index contributed by atoms with van der Waals surface area (Å²) in [5, 5.41) is 0. The first-order chi connectivity index (χ1) is 8.74. The fraction of sp³-hybridized carbons (Fsp3) is 0.467. The van der Waals surface area contributed by atoms with Crippen LogP contribution in [0.5, 0.6) is 5.75 Å². The van der Waals surface area contributed by atoms with E-state index in [-0.39, 0.29) is 11.9 Å². The molecule has 0 spiro atoms. The molecular formula is C15H16F2O. The van der Waals surface area contributed by atoms with Gasteiger partial charge in [-0.2, -0.15) is 4.39 Å². The lowest BCUT2D eigenvalue weighted by molar-refractivity contribution is 0.281. The topological polar surface area (TPSA) is 9.23 Å². The minimum absolute atomic E-state index is 0.0462. The molecule has 96 valence electrons. The maximum Gasteiger partial charge on any atom is 0.200 e. The second-order valence-electron chi connectivity index (χ2n) is 5.14. The van der Waals surface area contributed by atoms with Crippen LogP contribution >= 0.6 is 0 Å².